The zero-order valence-corrected chi connectivity index (χ0v) is 14.3. The number of hydrogen-bond acceptors (Lipinski definition) is 5. The lowest BCUT2D eigenvalue weighted by Crippen LogP contribution is -2.48. The summed E-state index contributed by atoms with van der Waals surface area (Å²) in [7, 11) is 0. The number of carbonyl (C=O) groups excluding carboxylic acids is 2. The molecule has 1 saturated heterocycles. The molecule has 3 rings (SSSR count). The quantitative estimate of drug-likeness (QED) is 0.863. The van der Waals surface area contributed by atoms with Crippen LogP contribution in [0.4, 0.5) is 0 Å². The van der Waals surface area contributed by atoms with Gasteiger partial charge in [0.15, 0.2) is 5.78 Å². The van der Waals surface area contributed by atoms with E-state index in [1.807, 2.05) is 17.0 Å². The first-order valence-corrected chi connectivity index (χ1v) is 8.06. The Morgan fingerprint density at radius 1 is 1.43 bits per heavy atom. The van der Waals surface area contributed by atoms with Gasteiger partial charge in [-0.3, -0.25) is 14.6 Å². The minimum Gasteiger partial charge on any atom is -0.328 e. The van der Waals surface area contributed by atoms with Crippen molar-refractivity contribution in [3.8, 4) is 0 Å². The molecule has 1 aliphatic rings. The van der Waals surface area contributed by atoms with Gasteiger partial charge in [-0.1, -0.05) is 6.07 Å². The van der Waals surface area contributed by atoms with E-state index in [1.54, 1.807) is 23.8 Å². The highest BCUT2D eigenvalue weighted by molar-refractivity contribution is 7.12. The van der Waals surface area contributed by atoms with Gasteiger partial charge in [0.1, 0.15) is 0 Å². The van der Waals surface area contributed by atoms with Crippen molar-refractivity contribution in [1.29, 1.82) is 0 Å². The van der Waals surface area contributed by atoms with Crippen molar-refractivity contribution in [2.45, 2.75) is 13.0 Å². The Hall–Kier alpha value is -1.76. The van der Waals surface area contributed by atoms with Crippen molar-refractivity contribution in [2.24, 2.45) is 0 Å². The lowest BCUT2D eigenvalue weighted by atomic mass is 10.0. The maximum Gasteiger partial charge on any atom is 0.264 e. The number of Topliss-reactive ketones (excluding diaryl/α,β-unsaturated/α-hetero) is 1. The fraction of sp³-hybridized carbons (Fsp3) is 0.312. The van der Waals surface area contributed by atoms with Crippen LogP contribution < -0.4 is 5.32 Å². The van der Waals surface area contributed by atoms with Crippen LogP contribution in [0, 0.1) is 0 Å². The summed E-state index contributed by atoms with van der Waals surface area (Å²) in [6.45, 7) is 3.64. The van der Waals surface area contributed by atoms with E-state index >= 15 is 0 Å². The molecule has 0 radical (unpaired) electrons. The molecule has 0 spiro atoms. The smallest absolute Gasteiger partial charge is 0.264 e. The van der Waals surface area contributed by atoms with Crippen LogP contribution in [0.15, 0.2) is 36.0 Å². The van der Waals surface area contributed by atoms with Crippen LogP contribution in [0.25, 0.3) is 0 Å². The van der Waals surface area contributed by atoms with Gasteiger partial charge in [-0.2, -0.15) is 0 Å². The number of aromatic nitrogens is 1. The molecule has 23 heavy (non-hydrogen) atoms. The summed E-state index contributed by atoms with van der Waals surface area (Å²) in [5, 5.41) is 5.07. The van der Waals surface area contributed by atoms with Crippen LogP contribution in [-0.4, -0.2) is 41.2 Å². The van der Waals surface area contributed by atoms with Crippen LogP contribution in [0.2, 0.25) is 0 Å². The maximum absolute atomic E-state index is 12.8. The number of piperazine rings is 1. The fourth-order valence-corrected chi connectivity index (χ4v) is 3.49. The largest absolute Gasteiger partial charge is 0.328 e. The van der Waals surface area contributed by atoms with Gasteiger partial charge >= 0.3 is 0 Å². The molecule has 7 heteroatoms. The molecule has 1 atom stereocenters. The Labute approximate surface area is 145 Å². The van der Waals surface area contributed by atoms with Crippen molar-refractivity contribution >= 4 is 35.4 Å². The van der Waals surface area contributed by atoms with Crippen LogP contribution in [0.3, 0.4) is 0 Å². The third-order valence-corrected chi connectivity index (χ3v) is 4.71. The van der Waals surface area contributed by atoms with Crippen LogP contribution in [0.1, 0.15) is 38.6 Å². The molecule has 122 valence electrons. The molecule has 5 nitrogen and oxygen atoms in total. The second-order valence-corrected chi connectivity index (χ2v) is 6.17. The van der Waals surface area contributed by atoms with E-state index in [9.17, 15) is 9.59 Å². The zero-order chi connectivity index (χ0) is 15.5. The lowest BCUT2D eigenvalue weighted by molar-refractivity contribution is 0.0639. The highest BCUT2D eigenvalue weighted by atomic mass is 35.5. The van der Waals surface area contributed by atoms with Crippen molar-refractivity contribution < 1.29 is 9.59 Å². The monoisotopic (exact) mass is 351 g/mol. The molecule has 2 aromatic heterocycles. The van der Waals surface area contributed by atoms with Gasteiger partial charge < -0.3 is 10.2 Å². The van der Waals surface area contributed by atoms with Crippen molar-refractivity contribution in [3.05, 3.63) is 52.0 Å². The highest BCUT2D eigenvalue weighted by Crippen LogP contribution is 2.26. The molecular weight excluding hydrogens is 334 g/mol. The first kappa shape index (κ1) is 17.6. The average Bonchev–Trinajstić information content (AvgIpc) is 3.05. The molecule has 1 unspecified atom stereocenters. The van der Waals surface area contributed by atoms with E-state index in [0.29, 0.717) is 23.5 Å². The number of halogens is 1. The van der Waals surface area contributed by atoms with E-state index < -0.39 is 0 Å². The Balaban J connectivity index is 0.00000192. The summed E-state index contributed by atoms with van der Waals surface area (Å²) in [5.41, 5.74) is 1.62. The molecule has 0 bridgehead atoms. The first-order valence-electron chi connectivity index (χ1n) is 7.18. The van der Waals surface area contributed by atoms with E-state index in [2.05, 4.69) is 10.3 Å². The number of amides is 1. The van der Waals surface area contributed by atoms with E-state index in [0.717, 1.165) is 12.1 Å². The lowest BCUT2D eigenvalue weighted by Gasteiger charge is -2.36. The molecular formula is C16H18ClN3O2S. The second kappa shape index (κ2) is 7.68. The fourth-order valence-electron chi connectivity index (χ4n) is 2.59. The zero-order valence-electron chi connectivity index (χ0n) is 12.7. The average molecular weight is 352 g/mol. The summed E-state index contributed by atoms with van der Waals surface area (Å²) in [4.78, 5) is 30.8. The molecule has 3 heterocycles. The number of pyridine rings is 1. The molecule has 1 N–H and O–H groups in total. The van der Waals surface area contributed by atoms with Gasteiger partial charge in [-0.05, 0) is 24.6 Å². The van der Waals surface area contributed by atoms with Crippen LogP contribution in [-0.2, 0) is 0 Å². The summed E-state index contributed by atoms with van der Waals surface area (Å²) >= 11 is 1.33. The van der Waals surface area contributed by atoms with Crippen LogP contribution >= 0.6 is 23.7 Å². The normalized spacial score (nSPS) is 17.4. The number of hydrogen-bond donors (Lipinski definition) is 1. The first-order chi connectivity index (χ1) is 10.7. The van der Waals surface area contributed by atoms with Crippen molar-refractivity contribution in [2.75, 3.05) is 19.6 Å². The number of carbonyl (C=O) groups is 2. The third kappa shape index (κ3) is 3.77. The number of ketones is 1. The molecule has 1 aliphatic heterocycles. The third-order valence-electron chi connectivity index (χ3n) is 3.79. The Morgan fingerprint density at radius 3 is 2.91 bits per heavy atom. The van der Waals surface area contributed by atoms with Gasteiger partial charge in [0.25, 0.3) is 5.91 Å². The van der Waals surface area contributed by atoms with Gasteiger partial charge in [-0.15, -0.1) is 23.7 Å². The summed E-state index contributed by atoms with van der Waals surface area (Å²) in [6, 6.07) is 5.53. The van der Waals surface area contributed by atoms with Crippen molar-refractivity contribution in [1.82, 2.24) is 15.2 Å². The van der Waals surface area contributed by atoms with Crippen LogP contribution in [0.5, 0.6) is 0 Å². The van der Waals surface area contributed by atoms with Gasteiger partial charge in [0.05, 0.1) is 10.9 Å². The summed E-state index contributed by atoms with van der Waals surface area (Å²) < 4.78 is 0. The molecule has 2 aromatic rings. The van der Waals surface area contributed by atoms with E-state index in [-0.39, 0.29) is 30.1 Å². The maximum atomic E-state index is 12.8. The summed E-state index contributed by atoms with van der Waals surface area (Å²) in [6.07, 6.45) is 3.53. The molecule has 0 aliphatic carbocycles. The minimum absolute atomic E-state index is 0. The van der Waals surface area contributed by atoms with Gasteiger partial charge in [-0.25, -0.2) is 0 Å². The van der Waals surface area contributed by atoms with Gasteiger partial charge in [0, 0.05) is 43.0 Å². The van der Waals surface area contributed by atoms with E-state index in [1.165, 1.54) is 18.3 Å². The number of nitrogens with zero attached hydrogens (tertiary/aromatic N) is 2. The minimum atomic E-state index is -0.0298. The topological polar surface area (TPSA) is 62.3 Å². The highest BCUT2D eigenvalue weighted by Gasteiger charge is 2.29. The predicted molar refractivity (Wildman–Crippen MR) is 92.5 cm³/mol. The molecule has 1 amide bonds. The predicted octanol–water partition coefficient (Wildman–Crippen LogP) is 2.55. The second-order valence-electron chi connectivity index (χ2n) is 5.26. The SMILES string of the molecule is CC(=O)c1csc(C(=O)N2CCNCC2c2cccnc2)c1.Cl. The molecule has 0 saturated carbocycles. The van der Waals surface area contributed by atoms with Gasteiger partial charge in [0.2, 0.25) is 0 Å². The standard InChI is InChI=1S/C16H17N3O2S.ClH/c1-11(20)13-7-15(22-10-13)16(21)19-6-5-18-9-14(19)12-3-2-4-17-8-12;/h2-4,7-8,10,14,18H,5-6,9H2,1H3;1H. The Bertz CT molecular complexity index is 690. The van der Waals surface area contributed by atoms with E-state index in [4.69, 9.17) is 0 Å². The number of thiophene rings is 1. The molecule has 0 aromatic carbocycles. The van der Waals surface area contributed by atoms with Crippen molar-refractivity contribution in [3.63, 3.8) is 0 Å². The number of rotatable bonds is 3. The Kier molecular flexibility index (Phi) is 5.87. The molecule has 1 fully saturated rings. The summed E-state index contributed by atoms with van der Waals surface area (Å²) in [5.74, 6) is -0.0349. The Morgan fingerprint density at radius 2 is 2.26 bits per heavy atom. The number of nitrogens with one attached hydrogen (secondary N) is 1.